The van der Waals surface area contributed by atoms with Crippen LogP contribution >= 0.6 is 31.9 Å². The second-order valence-corrected chi connectivity index (χ2v) is 5.94. The molecule has 1 nitrogen and oxygen atoms in total. The minimum atomic E-state index is -0.404. The molecule has 2 aromatic carbocycles. The number of hydrogen-bond acceptors (Lipinski definition) is 1. The number of rotatable bonds is 3. The highest BCUT2D eigenvalue weighted by Gasteiger charge is 2.14. The average Bonchev–Trinajstić information content (AvgIpc) is 2.31. The van der Waals surface area contributed by atoms with Gasteiger partial charge in [-0.2, -0.15) is 0 Å². The molecule has 2 N–H and O–H groups in total. The molecule has 1 unspecified atom stereocenters. The molecule has 0 heterocycles. The first-order valence-electron chi connectivity index (χ1n) is 5.62. The van der Waals surface area contributed by atoms with Crippen molar-refractivity contribution in [2.24, 2.45) is 5.73 Å². The van der Waals surface area contributed by atoms with Crippen molar-refractivity contribution >= 4 is 31.9 Å². The Labute approximate surface area is 127 Å². The maximum atomic E-state index is 13.4. The number of nitrogens with two attached hydrogens (primary N) is 1. The van der Waals surface area contributed by atoms with Crippen LogP contribution in [-0.4, -0.2) is 0 Å². The van der Waals surface area contributed by atoms with Crippen LogP contribution in [0.25, 0.3) is 0 Å². The Kier molecular flexibility index (Phi) is 4.71. The van der Waals surface area contributed by atoms with Gasteiger partial charge in [-0.25, -0.2) is 8.78 Å². The minimum Gasteiger partial charge on any atom is -0.324 e. The van der Waals surface area contributed by atoms with Gasteiger partial charge < -0.3 is 5.73 Å². The maximum absolute atomic E-state index is 13.4. The molecule has 2 rings (SSSR count). The summed E-state index contributed by atoms with van der Waals surface area (Å²) < 4.78 is 27.7. The van der Waals surface area contributed by atoms with E-state index in [1.807, 2.05) is 0 Å². The summed E-state index contributed by atoms with van der Waals surface area (Å²) in [4.78, 5) is 0. The van der Waals surface area contributed by atoms with Crippen molar-refractivity contribution in [2.45, 2.75) is 12.5 Å². The summed E-state index contributed by atoms with van der Waals surface area (Å²) in [6.07, 6.45) is 0.429. The van der Waals surface area contributed by atoms with E-state index in [2.05, 4.69) is 31.9 Å². The van der Waals surface area contributed by atoms with E-state index in [-0.39, 0.29) is 11.6 Å². The van der Waals surface area contributed by atoms with E-state index < -0.39 is 6.04 Å². The molecule has 0 aliphatic carbocycles. The summed E-state index contributed by atoms with van der Waals surface area (Å²) >= 11 is 6.42. The van der Waals surface area contributed by atoms with Crippen LogP contribution < -0.4 is 5.73 Å². The molecule has 0 spiro atoms. The lowest BCUT2D eigenvalue weighted by Crippen LogP contribution is -2.14. The second kappa shape index (κ2) is 6.11. The first-order chi connectivity index (χ1) is 8.97. The Balaban J connectivity index is 2.25. The van der Waals surface area contributed by atoms with Crippen molar-refractivity contribution in [1.29, 1.82) is 0 Å². The van der Waals surface area contributed by atoms with Crippen molar-refractivity contribution in [2.75, 3.05) is 0 Å². The summed E-state index contributed by atoms with van der Waals surface area (Å²) in [7, 11) is 0. The van der Waals surface area contributed by atoms with Gasteiger partial charge in [-0.3, -0.25) is 0 Å². The molecular formula is C14H11Br2F2N. The van der Waals surface area contributed by atoms with Crippen LogP contribution in [0.1, 0.15) is 17.2 Å². The van der Waals surface area contributed by atoms with Gasteiger partial charge in [0.05, 0.1) is 4.47 Å². The van der Waals surface area contributed by atoms with Gasteiger partial charge in [0, 0.05) is 10.5 Å². The van der Waals surface area contributed by atoms with Crippen LogP contribution in [0, 0.1) is 11.6 Å². The fourth-order valence-corrected chi connectivity index (χ4v) is 2.97. The van der Waals surface area contributed by atoms with Crippen molar-refractivity contribution in [3.05, 3.63) is 68.1 Å². The molecule has 19 heavy (non-hydrogen) atoms. The van der Waals surface area contributed by atoms with E-state index in [1.165, 1.54) is 18.2 Å². The van der Waals surface area contributed by atoms with E-state index in [1.54, 1.807) is 18.2 Å². The molecule has 0 fully saturated rings. The highest BCUT2D eigenvalue weighted by molar-refractivity contribution is 9.10. The molecule has 0 saturated carbocycles. The third-order valence-electron chi connectivity index (χ3n) is 2.76. The predicted octanol–water partition coefficient (Wildman–Crippen LogP) is 4.73. The van der Waals surface area contributed by atoms with Crippen molar-refractivity contribution in [1.82, 2.24) is 0 Å². The molecule has 0 amide bonds. The lowest BCUT2D eigenvalue weighted by molar-refractivity contribution is 0.607. The summed E-state index contributed by atoms with van der Waals surface area (Å²) in [5.74, 6) is -0.678. The van der Waals surface area contributed by atoms with Crippen LogP contribution in [0.3, 0.4) is 0 Å². The van der Waals surface area contributed by atoms with Gasteiger partial charge in [-0.1, -0.05) is 28.1 Å². The Morgan fingerprint density at radius 3 is 2.53 bits per heavy atom. The first-order valence-corrected chi connectivity index (χ1v) is 7.20. The Hall–Kier alpha value is -0.780. The summed E-state index contributed by atoms with van der Waals surface area (Å²) in [5, 5.41) is 0. The molecule has 0 aliphatic rings. The van der Waals surface area contributed by atoms with Gasteiger partial charge in [0.15, 0.2) is 0 Å². The second-order valence-electron chi connectivity index (χ2n) is 4.23. The normalized spacial score (nSPS) is 12.5. The summed E-state index contributed by atoms with van der Waals surface area (Å²) in [5.41, 5.74) is 7.49. The minimum absolute atomic E-state index is 0.324. The zero-order valence-electron chi connectivity index (χ0n) is 9.84. The van der Waals surface area contributed by atoms with Crippen LogP contribution in [0.15, 0.2) is 45.3 Å². The zero-order chi connectivity index (χ0) is 14.0. The van der Waals surface area contributed by atoms with E-state index >= 15 is 0 Å². The number of halogens is 4. The molecule has 2 aromatic rings. The number of benzene rings is 2. The highest BCUT2D eigenvalue weighted by atomic mass is 79.9. The van der Waals surface area contributed by atoms with E-state index in [4.69, 9.17) is 5.73 Å². The van der Waals surface area contributed by atoms with Gasteiger partial charge in [0.25, 0.3) is 0 Å². The average molecular weight is 391 g/mol. The highest BCUT2D eigenvalue weighted by Crippen LogP contribution is 2.27. The van der Waals surface area contributed by atoms with Crippen molar-refractivity contribution < 1.29 is 8.78 Å². The fraction of sp³-hybridized carbons (Fsp3) is 0.143. The third-order valence-corrected chi connectivity index (χ3v) is 4.05. The monoisotopic (exact) mass is 389 g/mol. The largest absolute Gasteiger partial charge is 0.324 e. The molecule has 0 aromatic heterocycles. The standard InChI is InChI=1S/C14H11Br2F2N/c15-9-4-8(5-10(17)7-9)6-13(19)11-2-1-3-12(18)14(11)16/h1-5,7,13H,6,19H2. The molecule has 0 bridgehead atoms. The van der Waals surface area contributed by atoms with Gasteiger partial charge in [0.2, 0.25) is 0 Å². The molecule has 100 valence electrons. The smallest absolute Gasteiger partial charge is 0.137 e. The predicted molar refractivity (Wildman–Crippen MR) is 78.8 cm³/mol. The topological polar surface area (TPSA) is 26.0 Å². The quantitative estimate of drug-likeness (QED) is 0.805. The van der Waals surface area contributed by atoms with E-state index in [9.17, 15) is 8.78 Å². The van der Waals surface area contributed by atoms with Crippen LogP contribution in [0.5, 0.6) is 0 Å². The Bertz CT molecular complexity index is 582. The lowest BCUT2D eigenvalue weighted by Gasteiger charge is -2.14. The van der Waals surface area contributed by atoms with Gasteiger partial charge in [0.1, 0.15) is 11.6 Å². The fourth-order valence-electron chi connectivity index (χ4n) is 1.90. The van der Waals surface area contributed by atoms with E-state index in [0.29, 0.717) is 20.9 Å². The van der Waals surface area contributed by atoms with E-state index in [0.717, 1.165) is 5.56 Å². The number of hydrogen-bond donors (Lipinski definition) is 1. The molecule has 0 radical (unpaired) electrons. The lowest BCUT2D eigenvalue weighted by atomic mass is 9.99. The SMILES string of the molecule is NC(Cc1cc(F)cc(Br)c1)c1cccc(F)c1Br. The van der Waals surface area contributed by atoms with Gasteiger partial charge in [-0.15, -0.1) is 0 Å². The maximum Gasteiger partial charge on any atom is 0.137 e. The van der Waals surface area contributed by atoms with Crippen LogP contribution in [0.2, 0.25) is 0 Å². The zero-order valence-corrected chi connectivity index (χ0v) is 13.0. The molecule has 0 saturated heterocycles. The molecular weight excluding hydrogens is 380 g/mol. The molecule has 1 atom stereocenters. The summed E-state index contributed by atoms with van der Waals surface area (Å²) in [6, 6.07) is 8.93. The van der Waals surface area contributed by atoms with Crippen molar-refractivity contribution in [3.8, 4) is 0 Å². The third kappa shape index (κ3) is 3.61. The van der Waals surface area contributed by atoms with Crippen LogP contribution in [-0.2, 0) is 6.42 Å². The summed E-state index contributed by atoms with van der Waals surface area (Å²) in [6.45, 7) is 0. The van der Waals surface area contributed by atoms with Gasteiger partial charge in [-0.05, 0) is 57.7 Å². The Morgan fingerprint density at radius 2 is 1.84 bits per heavy atom. The molecule has 0 aliphatic heterocycles. The first kappa shape index (κ1) is 14.6. The van der Waals surface area contributed by atoms with Crippen molar-refractivity contribution in [3.63, 3.8) is 0 Å². The van der Waals surface area contributed by atoms with Crippen LogP contribution in [0.4, 0.5) is 8.78 Å². The molecule has 5 heteroatoms. The Morgan fingerprint density at radius 1 is 1.11 bits per heavy atom. The van der Waals surface area contributed by atoms with Gasteiger partial charge >= 0.3 is 0 Å².